The molecule has 5 rings (SSSR count). The number of ether oxygens (including phenoxy) is 5. The molecule has 2 aromatic rings. The van der Waals surface area contributed by atoms with E-state index in [1.807, 2.05) is 96.1 Å². The molecule has 0 saturated carbocycles. The highest BCUT2D eigenvalue weighted by molar-refractivity contribution is 5.68. The van der Waals surface area contributed by atoms with Gasteiger partial charge in [-0.05, 0) is 105 Å². The molecule has 0 unspecified atom stereocenters. The fourth-order valence-corrected chi connectivity index (χ4v) is 5.29. The first-order chi connectivity index (χ1) is 22.4. The standard InChI is InChI=1S/C17H26N2O3.C17H25NO3.C4H8O/c1-16(2,3)22-15(20)19-11-9-17(4,10-12-19)21-14-7-5-13(18)6-8-14;1-16(2,3)21-15(19)18-12-10-17(4,11-13-18)20-14-8-6-5-7-9-14;1-2-4-5-3-1/h5-8H,9-12,18H2,1-4H3;5-9H,10-13H2,1-4H3;1-4H2. The summed E-state index contributed by atoms with van der Waals surface area (Å²) < 4.78 is 27.9. The van der Waals surface area contributed by atoms with Gasteiger partial charge < -0.3 is 39.2 Å². The van der Waals surface area contributed by atoms with Crippen molar-refractivity contribution in [2.24, 2.45) is 0 Å². The summed E-state index contributed by atoms with van der Waals surface area (Å²) in [7, 11) is 0. The number of piperidine rings is 2. The normalized spacial score (nSPS) is 18.7. The average molecular weight is 670 g/mol. The van der Waals surface area contributed by atoms with Crippen LogP contribution in [0.25, 0.3) is 0 Å². The van der Waals surface area contributed by atoms with Gasteiger partial charge in [-0.2, -0.15) is 0 Å². The Morgan fingerprint density at radius 3 is 1.35 bits per heavy atom. The molecular weight excluding hydrogens is 610 g/mol. The van der Waals surface area contributed by atoms with Crippen LogP contribution in [0.4, 0.5) is 15.3 Å². The van der Waals surface area contributed by atoms with E-state index in [1.54, 1.807) is 9.80 Å². The molecule has 3 fully saturated rings. The number of para-hydroxylation sites is 1. The molecule has 3 saturated heterocycles. The molecule has 0 atom stereocenters. The van der Waals surface area contributed by atoms with Gasteiger partial charge in [0.15, 0.2) is 0 Å². The maximum absolute atomic E-state index is 12.1. The zero-order valence-electron chi connectivity index (χ0n) is 30.5. The minimum atomic E-state index is -0.460. The van der Waals surface area contributed by atoms with Gasteiger partial charge in [0.2, 0.25) is 0 Å². The lowest BCUT2D eigenvalue weighted by molar-refractivity contribution is -0.0110. The van der Waals surface area contributed by atoms with E-state index < -0.39 is 11.2 Å². The molecule has 0 radical (unpaired) electrons. The zero-order valence-corrected chi connectivity index (χ0v) is 30.5. The maximum atomic E-state index is 12.1. The third-order valence-corrected chi connectivity index (χ3v) is 8.12. The van der Waals surface area contributed by atoms with Gasteiger partial charge in [0.1, 0.15) is 33.9 Å². The summed E-state index contributed by atoms with van der Waals surface area (Å²) in [5.41, 5.74) is 5.00. The summed E-state index contributed by atoms with van der Waals surface area (Å²) in [6.45, 7) is 20.1. The molecule has 268 valence electrons. The number of likely N-dealkylation sites (tertiary alicyclic amines) is 2. The Morgan fingerprint density at radius 1 is 0.646 bits per heavy atom. The summed E-state index contributed by atoms with van der Waals surface area (Å²) in [6.07, 6.45) is 5.24. The first-order valence-electron chi connectivity index (χ1n) is 17.3. The van der Waals surface area contributed by atoms with E-state index in [2.05, 4.69) is 13.8 Å². The van der Waals surface area contributed by atoms with Crippen molar-refractivity contribution in [1.82, 2.24) is 9.80 Å². The van der Waals surface area contributed by atoms with Crippen LogP contribution in [-0.2, 0) is 14.2 Å². The molecule has 2 N–H and O–H groups in total. The van der Waals surface area contributed by atoms with Gasteiger partial charge in [0, 0.05) is 70.8 Å². The summed E-state index contributed by atoms with van der Waals surface area (Å²) in [5.74, 6) is 1.69. The number of rotatable bonds is 4. The fraction of sp³-hybridized carbons (Fsp3) is 0.632. The van der Waals surface area contributed by atoms with Crippen molar-refractivity contribution in [2.45, 2.75) is 116 Å². The first-order valence-corrected chi connectivity index (χ1v) is 17.3. The van der Waals surface area contributed by atoms with Gasteiger partial charge in [0.05, 0.1) is 0 Å². The molecule has 3 aliphatic heterocycles. The molecule has 0 bridgehead atoms. The van der Waals surface area contributed by atoms with Crippen LogP contribution >= 0.6 is 0 Å². The number of nitrogen functional groups attached to an aromatic ring is 1. The first kappa shape index (κ1) is 38.8. The second-order valence-corrected chi connectivity index (χ2v) is 15.2. The third kappa shape index (κ3) is 14.2. The highest BCUT2D eigenvalue weighted by atomic mass is 16.6. The minimum Gasteiger partial charge on any atom is -0.487 e. The van der Waals surface area contributed by atoms with Gasteiger partial charge in [0.25, 0.3) is 0 Å². The van der Waals surface area contributed by atoms with E-state index >= 15 is 0 Å². The average Bonchev–Trinajstić information content (AvgIpc) is 3.59. The number of nitrogens with two attached hydrogens (primary N) is 1. The number of carbonyl (C=O) groups excluding carboxylic acids is 2. The fourth-order valence-electron chi connectivity index (χ4n) is 5.29. The van der Waals surface area contributed by atoms with Gasteiger partial charge >= 0.3 is 12.2 Å². The number of hydrogen-bond acceptors (Lipinski definition) is 8. The second kappa shape index (κ2) is 17.1. The van der Waals surface area contributed by atoms with E-state index in [-0.39, 0.29) is 23.4 Å². The van der Waals surface area contributed by atoms with Crippen LogP contribution in [0.1, 0.15) is 93.9 Å². The number of anilines is 1. The maximum Gasteiger partial charge on any atom is 0.410 e. The van der Waals surface area contributed by atoms with Crippen LogP contribution in [0, 0.1) is 0 Å². The summed E-state index contributed by atoms with van der Waals surface area (Å²) in [6, 6.07) is 17.2. The topological polar surface area (TPSA) is 113 Å². The lowest BCUT2D eigenvalue weighted by Gasteiger charge is -2.39. The highest BCUT2D eigenvalue weighted by Crippen LogP contribution is 2.30. The number of amides is 2. The van der Waals surface area contributed by atoms with E-state index in [4.69, 9.17) is 29.4 Å². The van der Waals surface area contributed by atoms with E-state index in [1.165, 1.54) is 12.8 Å². The van der Waals surface area contributed by atoms with Crippen molar-refractivity contribution in [3.63, 3.8) is 0 Å². The van der Waals surface area contributed by atoms with Gasteiger partial charge in [-0.25, -0.2) is 9.59 Å². The predicted octanol–water partition coefficient (Wildman–Crippen LogP) is 8.09. The summed E-state index contributed by atoms with van der Waals surface area (Å²) in [4.78, 5) is 27.6. The molecular formula is C38H59N3O7. The molecule has 2 amide bonds. The van der Waals surface area contributed by atoms with Crippen molar-refractivity contribution < 1.29 is 33.3 Å². The van der Waals surface area contributed by atoms with Crippen LogP contribution in [0.3, 0.4) is 0 Å². The molecule has 3 heterocycles. The van der Waals surface area contributed by atoms with Gasteiger partial charge in [-0.15, -0.1) is 0 Å². The monoisotopic (exact) mass is 669 g/mol. The predicted molar refractivity (Wildman–Crippen MR) is 189 cm³/mol. The second-order valence-electron chi connectivity index (χ2n) is 15.2. The van der Waals surface area contributed by atoms with E-state index in [0.717, 1.165) is 56.1 Å². The number of hydrogen-bond donors (Lipinski definition) is 1. The third-order valence-electron chi connectivity index (χ3n) is 8.12. The lowest BCUT2D eigenvalue weighted by atomic mass is 9.93. The van der Waals surface area contributed by atoms with E-state index in [9.17, 15) is 9.59 Å². The van der Waals surface area contributed by atoms with Crippen molar-refractivity contribution in [3.8, 4) is 11.5 Å². The molecule has 48 heavy (non-hydrogen) atoms. The van der Waals surface area contributed by atoms with Crippen molar-refractivity contribution in [2.75, 3.05) is 45.1 Å². The number of carbonyl (C=O) groups is 2. The van der Waals surface area contributed by atoms with Crippen molar-refractivity contribution >= 4 is 17.9 Å². The quantitative estimate of drug-likeness (QED) is 0.325. The Bertz CT molecular complexity index is 1240. The van der Waals surface area contributed by atoms with Crippen LogP contribution in [0.15, 0.2) is 54.6 Å². The number of benzene rings is 2. The minimum absolute atomic E-state index is 0.222. The molecule has 0 aromatic heterocycles. The number of nitrogens with zero attached hydrogens (tertiary/aromatic N) is 2. The molecule has 0 spiro atoms. The highest BCUT2D eigenvalue weighted by Gasteiger charge is 2.36. The van der Waals surface area contributed by atoms with Crippen molar-refractivity contribution in [1.29, 1.82) is 0 Å². The Kier molecular flexibility index (Phi) is 13.8. The largest absolute Gasteiger partial charge is 0.487 e. The van der Waals surface area contributed by atoms with Crippen LogP contribution < -0.4 is 15.2 Å². The Labute approximate surface area is 288 Å². The Hall–Kier alpha value is -3.66. The molecule has 10 heteroatoms. The SMILES string of the molecule is C1CCOC1.CC(C)(C)OC(=O)N1CCC(C)(Oc2ccc(N)cc2)CC1.CC(C)(C)OC(=O)N1CCC(C)(Oc2ccccc2)CC1. The molecule has 0 aliphatic carbocycles. The summed E-state index contributed by atoms with van der Waals surface area (Å²) in [5, 5.41) is 0. The Morgan fingerprint density at radius 2 is 1.02 bits per heavy atom. The van der Waals surface area contributed by atoms with Gasteiger partial charge in [-0.3, -0.25) is 0 Å². The molecule has 2 aromatic carbocycles. The van der Waals surface area contributed by atoms with Crippen LogP contribution in [0.5, 0.6) is 11.5 Å². The summed E-state index contributed by atoms with van der Waals surface area (Å²) >= 11 is 0. The lowest BCUT2D eigenvalue weighted by Crippen LogP contribution is -2.49. The van der Waals surface area contributed by atoms with Crippen LogP contribution in [0.2, 0.25) is 0 Å². The smallest absolute Gasteiger partial charge is 0.410 e. The van der Waals surface area contributed by atoms with E-state index in [0.29, 0.717) is 26.2 Å². The Balaban J connectivity index is 0.000000227. The molecule has 3 aliphatic rings. The van der Waals surface area contributed by atoms with Gasteiger partial charge in [-0.1, -0.05) is 18.2 Å². The zero-order chi connectivity index (χ0) is 35.4. The molecule has 10 nitrogen and oxygen atoms in total. The van der Waals surface area contributed by atoms with Crippen LogP contribution in [-0.4, -0.2) is 83.8 Å². The van der Waals surface area contributed by atoms with Crippen molar-refractivity contribution in [3.05, 3.63) is 54.6 Å².